The van der Waals surface area contributed by atoms with Gasteiger partial charge in [-0.3, -0.25) is 19.8 Å². The van der Waals surface area contributed by atoms with Crippen LogP contribution in [0.3, 0.4) is 0 Å². The third-order valence-corrected chi connectivity index (χ3v) is 3.34. The molecule has 1 saturated heterocycles. The van der Waals surface area contributed by atoms with Crippen LogP contribution in [-0.4, -0.2) is 42.4 Å². The highest BCUT2D eigenvalue weighted by Gasteiger charge is 2.16. The van der Waals surface area contributed by atoms with Crippen LogP contribution in [0.1, 0.15) is 12.0 Å². The van der Waals surface area contributed by atoms with Crippen molar-refractivity contribution < 1.29 is 9.72 Å². The molecule has 7 nitrogen and oxygen atoms in total. The molecule has 1 fully saturated rings. The summed E-state index contributed by atoms with van der Waals surface area (Å²) in [6.45, 7) is 2.82. The molecule has 0 atom stereocenters. The van der Waals surface area contributed by atoms with Gasteiger partial charge in [0.25, 0.3) is 5.69 Å². The van der Waals surface area contributed by atoms with Gasteiger partial charge in [0, 0.05) is 45.7 Å². The third-order valence-electron chi connectivity index (χ3n) is 3.34. The first-order valence-corrected chi connectivity index (χ1v) is 6.54. The van der Waals surface area contributed by atoms with Crippen LogP contribution in [0.2, 0.25) is 0 Å². The standard InChI is InChI=1S/C13H18N4O3/c1-14-11-8-10(2-3-12(11)17(19)20)9-16-6-4-13(18)15-5-7-16/h2-3,8,14H,4-7,9H2,1H3,(H,15,18). The average molecular weight is 278 g/mol. The maximum absolute atomic E-state index is 11.3. The van der Waals surface area contributed by atoms with Gasteiger partial charge in [0.1, 0.15) is 5.69 Å². The minimum atomic E-state index is -0.399. The van der Waals surface area contributed by atoms with Crippen LogP contribution in [0.15, 0.2) is 18.2 Å². The van der Waals surface area contributed by atoms with E-state index < -0.39 is 4.92 Å². The maximum Gasteiger partial charge on any atom is 0.292 e. The average Bonchev–Trinajstić information content (AvgIpc) is 2.63. The van der Waals surface area contributed by atoms with Gasteiger partial charge in [-0.2, -0.15) is 0 Å². The monoisotopic (exact) mass is 278 g/mol. The number of rotatable bonds is 4. The molecule has 1 aromatic rings. The fourth-order valence-electron chi connectivity index (χ4n) is 2.27. The summed E-state index contributed by atoms with van der Waals surface area (Å²) in [6, 6.07) is 5.07. The number of carbonyl (C=O) groups excluding carboxylic acids is 1. The molecule has 0 aliphatic carbocycles. The van der Waals surface area contributed by atoms with Crippen LogP contribution < -0.4 is 10.6 Å². The van der Waals surface area contributed by atoms with Gasteiger partial charge in [0.15, 0.2) is 0 Å². The summed E-state index contributed by atoms with van der Waals surface area (Å²) in [6.07, 6.45) is 0.492. The van der Waals surface area contributed by atoms with E-state index in [-0.39, 0.29) is 11.6 Å². The van der Waals surface area contributed by atoms with Gasteiger partial charge in [-0.15, -0.1) is 0 Å². The lowest BCUT2D eigenvalue weighted by atomic mass is 10.1. The topological polar surface area (TPSA) is 87.5 Å². The molecule has 0 bridgehead atoms. The number of hydrogen-bond donors (Lipinski definition) is 2. The van der Waals surface area contributed by atoms with Gasteiger partial charge in [-0.25, -0.2) is 0 Å². The van der Waals surface area contributed by atoms with E-state index in [4.69, 9.17) is 0 Å². The van der Waals surface area contributed by atoms with E-state index in [0.29, 0.717) is 31.7 Å². The first kappa shape index (κ1) is 14.3. The Balaban J connectivity index is 2.09. The van der Waals surface area contributed by atoms with Crippen molar-refractivity contribution in [3.8, 4) is 0 Å². The number of hydrogen-bond acceptors (Lipinski definition) is 5. The molecule has 2 rings (SSSR count). The number of amides is 1. The highest BCUT2D eigenvalue weighted by atomic mass is 16.6. The smallest absolute Gasteiger partial charge is 0.292 e. The first-order valence-electron chi connectivity index (χ1n) is 6.54. The van der Waals surface area contributed by atoms with Gasteiger partial charge in [-0.05, 0) is 11.6 Å². The summed E-state index contributed by atoms with van der Waals surface area (Å²) in [5.74, 6) is 0.0760. The predicted molar refractivity (Wildman–Crippen MR) is 75.5 cm³/mol. The summed E-state index contributed by atoms with van der Waals surface area (Å²) >= 11 is 0. The molecule has 1 heterocycles. The van der Waals surface area contributed by atoms with Crippen molar-refractivity contribution in [1.29, 1.82) is 0 Å². The molecule has 0 saturated carbocycles. The molecule has 0 aromatic heterocycles. The van der Waals surface area contributed by atoms with E-state index in [1.54, 1.807) is 19.2 Å². The van der Waals surface area contributed by atoms with Crippen molar-refractivity contribution in [3.05, 3.63) is 33.9 Å². The summed E-state index contributed by atoms with van der Waals surface area (Å²) in [7, 11) is 1.67. The van der Waals surface area contributed by atoms with Crippen molar-refractivity contribution in [2.75, 3.05) is 32.0 Å². The quantitative estimate of drug-likeness (QED) is 0.632. The molecule has 1 aromatic carbocycles. The van der Waals surface area contributed by atoms with Gasteiger partial charge in [-0.1, -0.05) is 6.07 Å². The number of carbonyl (C=O) groups is 1. The Kier molecular flexibility index (Phi) is 4.52. The third kappa shape index (κ3) is 3.45. The Hall–Kier alpha value is -2.15. The van der Waals surface area contributed by atoms with E-state index in [2.05, 4.69) is 15.5 Å². The molecule has 1 amide bonds. The van der Waals surface area contributed by atoms with Gasteiger partial charge in [0.2, 0.25) is 5.91 Å². The largest absolute Gasteiger partial charge is 0.383 e. The first-order chi connectivity index (χ1) is 9.60. The Labute approximate surface area is 117 Å². The molecule has 0 radical (unpaired) electrons. The fraction of sp³-hybridized carbons (Fsp3) is 0.462. The van der Waals surface area contributed by atoms with Crippen molar-refractivity contribution in [3.63, 3.8) is 0 Å². The van der Waals surface area contributed by atoms with Crippen molar-refractivity contribution in [2.24, 2.45) is 0 Å². The van der Waals surface area contributed by atoms with Crippen molar-refractivity contribution >= 4 is 17.3 Å². The van der Waals surface area contributed by atoms with E-state index in [9.17, 15) is 14.9 Å². The molecular weight excluding hydrogens is 260 g/mol. The molecule has 2 N–H and O–H groups in total. The minimum absolute atomic E-state index is 0.0731. The number of benzene rings is 1. The van der Waals surface area contributed by atoms with Crippen LogP contribution in [0.25, 0.3) is 0 Å². The lowest BCUT2D eigenvalue weighted by Crippen LogP contribution is -2.28. The zero-order chi connectivity index (χ0) is 14.5. The summed E-state index contributed by atoms with van der Waals surface area (Å²) < 4.78 is 0. The molecule has 0 unspecified atom stereocenters. The predicted octanol–water partition coefficient (Wildman–Crippen LogP) is 0.958. The second kappa shape index (κ2) is 6.33. The Morgan fingerprint density at radius 2 is 2.25 bits per heavy atom. The van der Waals surface area contributed by atoms with E-state index in [1.165, 1.54) is 6.07 Å². The zero-order valence-corrected chi connectivity index (χ0v) is 11.4. The minimum Gasteiger partial charge on any atom is -0.383 e. The Bertz CT molecular complexity index is 518. The second-order valence-corrected chi connectivity index (χ2v) is 4.73. The lowest BCUT2D eigenvalue weighted by molar-refractivity contribution is -0.384. The summed E-state index contributed by atoms with van der Waals surface area (Å²) in [5.41, 5.74) is 1.58. The molecule has 1 aliphatic rings. The lowest BCUT2D eigenvalue weighted by Gasteiger charge is -2.19. The molecule has 20 heavy (non-hydrogen) atoms. The highest BCUT2D eigenvalue weighted by molar-refractivity contribution is 5.76. The molecule has 0 spiro atoms. The van der Waals surface area contributed by atoms with Crippen molar-refractivity contribution in [2.45, 2.75) is 13.0 Å². The van der Waals surface area contributed by atoms with Crippen molar-refractivity contribution in [1.82, 2.24) is 10.2 Å². The summed E-state index contributed by atoms with van der Waals surface area (Å²) in [4.78, 5) is 23.9. The van der Waals surface area contributed by atoms with Gasteiger partial charge < -0.3 is 10.6 Å². The van der Waals surface area contributed by atoms with E-state index in [1.807, 2.05) is 0 Å². The highest BCUT2D eigenvalue weighted by Crippen LogP contribution is 2.25. The zero-order valence-electron chi connectivity index (χ0n) is 11.4. The normalized spacial score (nSPS) is 16.4. The van der Waals surface area contributed by atoms with Crippen LogP contribution in [-0.2, 0) is 11.3 Å². The SMILES string of the molecule is CNc1cc(CN2CCNC(=O)CC2)ccc1[N+](=O)[O-]. The molecule has 108 valence electrons. The van der Waals surface area contributed by atoms with E-state index in [0.717, 1.165) is 12.1 Å². The maximum atomic E-state index is 11.3. The molecule has 7 heteroatoms. The number of nitrogens with zero attached hydrogens (tertiary/aromatic N) is 2. The number of nitrogens with one attached hydrogen (secondary N) is 2. The number of nitro benzene ring substituents is 1. The Morgan fingerprint density at radius 1 is 1.45 bits per heavy atom. The Morgan fingerprint density at radius 3 is 2.95 bits per heavy atom. The van der Waals surface area contributed by atoms with E-state index >= 15 is 0 Å². The molecular formula is C13H18N4O3. The van der Waals surface area contributed by atoms with Gasteiger partial charge >= 0.3 is 0 Å². The van der Waals surface area contributed by atoms with Crippen LogP contribution >= 0.6 is 0 Å². The second-order valence-electron chi connectivity index (χ2n) is 4.73. The van der Waals surface area contributed by atoms with Crippen LogP contribution in [0.4, 0.5) is 11.4 Å². The number of nitro groups is 1. The van der Waals surface area contributed by atoms with Gasteiger partial charge in [0.05, 0.1) is 4.92 Å². The van der Waals surface area contributed by atoms with Crippen LogP contribution in [0, 0.1) is 10.1 Å². The summed E-state index contributed by atoms with van der Waals surface area (Å²) in [5, 5.41) is 16.5. The number of anilines is 1. The molecule has 1 aliphatic heterocycles. The van der Waals surface area contributed by atoms with Crippen LogP contribution in [0.5, 0.6) is 0 Å². The fourth-order valence-corrected chi connectivity index (χ4v) is 2.27.